The van der Waals surface area contributed by atoms with Crippen LogP contribution in [0, 0.1) is 210 Å². The standard InChI is InChI=1S/C11H20.C11H22.3C10H18.4C9H16.C8H14.C8H16.C7H14/c1-8-9-4-6-10(7-5-9)11(8,2)3;1-9-10(2,3)7-6-8-11(9,4)5;1-7-8-4-5-9(6-8)10(7,2)3;1-8-7-9-3-5-10(8,2)6-4-9;1-7-8(2)10-5-3-9(7)4-6-10;1-7-5-8-3-4-9(7,2)6-8;1-6-7(2)9-4-3-8(6)5-9;1-7-6-8-2-4-9(7)5-3-8;1-2-8-5-7-3-4-9(8)6-7;1-6-4-7-2-3-8(6)5-7;1-2-8-6-4-3-5-7-8;1-2-7-5-3-4-6-7/h8-10H,4-7H2,1-3H3;9H,6-8H2,1-5H3;7-9H,4-6H2,1-3H3;8-9H,3-7H2,1-2H3;7-10H,3-6H2,1-2H3;7-8H,3-6H2,1-2H3;6-9H,3-5H2,1-2H3;2*7-9H,2-6H2,1H3;6-8H,2-5H2,1H3;8H,2-7H2,1H3;7H,2-6H2,1H3/t8-,9?,10?;;7-,8?,9?;8-,9?,10?;7-,8?,9?,10?;7-,8?,9?;6-,7?,8?,9?;7-,8?,9?;;6-,7?,8?;;/m1.100000.0../s1. The second-order valence-electron chi connectivity index (χ2n) is 50.2. The molecule has 0 aromatic carbocycles. The highest BCUT2D eigenvalue weighted by Gasteiger charge is 2.52. The molecule has 25 fully saturated rings. The fourth-order valence-electron chi connectivity index (χ4n) is 31.7. The number of fused-ring (bicyclic) bond motifs is 22. The average Bonchev–Trinajstić information content (AvgIpc) is 1.25. The molecule has 648 valence electrons. The first-order chi connectivity index (χ1) is 52.6. The lowest BCUT2D eigenvalue weighted by Crippen LogP contribution is -2.44. The van der Waals surface area contributed by atoms with Crippen molar-refractivity contribution in [1.29, 1.82) is 0 Å². The molecule has 0 aliphatic heterocycles. The molecule has 25 saturated carbocycles. The molecule has 0 amide bonds. The van der Waals surface area contributed by atoms with Crippen molar-refractivity contribution in [2.45, 2.75) is 494 Å². The zero-order chi connectivity index (χ0) is 80.4. The van der Waals surface area contributed by atoms with Crippen LogP contribution < -0.4 is 0 Å². The Labute approximate surface area is 699 Å². The van der Waals surface area contributed by atoms with Gasteiger partial charge < -0.3 is 0 Å². The molecule has 0 aromatic rings. The number of hydrogen-bond donors (Lipinski definition) is 0. The minimum absolute atomic E-state index is 0.571. The van der Waals surface area contributed by atoms with Gasteiger partial charge in [-0.25, -0.2) is 0 Å². The van der Waals surface area contributed by atoms with E-state index in [4.69, 9.17) is 0 Å². The van der Waals surface area contributed by atoms with Gasteiger partial charge in [-0.2, -0.15) is 0 Å². The summed E-state index contributed by atoms with van der Waals surface area (Å²) in [6.45, 7) is 58.3. The van der Waals surface area contributed by atoms with E-state index < -0.39 is 0 Å². The average molecular weight is 1540 g/mol. The molecular weight excluding hydrogens is 1330 g/mol. The van der Waals surface area contributed by atoms with Gasteiger partial charge in [0.1, 0.15) is 0 Å². The third-order valence-electron chi connectivity index (χ3n) is 43.2. The SMILES string of the molecule is CC1C(C)(C)CCCC1(C)C.CC1C2CCC(C2)[C@H]1C.CC1C2CCC(CC2)[C@H]1C.CCC1CC2CCC1C2.CCC1CCCC1.CCC1CCCCC1.C[C@@H]1C2CCC(C2)C1(C)C.C[C@@H]1C2CCC(CC2)C1(C)C.C[C@H]1CC2CCC1(C)C2.C[C@H]1CC2CCC1(C)CC2.C[C@H]1CC2CCC1C2.C[C@H]1CC2CCC1CC2. The van der Waals surface area contributed by atoms with E-state index in [1.54, 1.807) is 89.9 Å². The molecule has 0 radical (unpaired) electrons. The maximum atomic E-state index is 2.49. The van der Waals surface area contributed by atoms with Gasteiger partial charge in [-0.05, 0) is 428 Å². The van der Waals surface area contributed by atoms with Crippen molar-refractivity contribution in [1.82, 2.24) is 0 Å². The first kappa shape index (κ1) is 93.3. The molecule has 13 unspecified atom stereocenters. The maximum Gasteiger partial charge on any atom is -0.0297 e. The van der Waals surface area contributed by atoms with Gasteiger partial charge in [-0.1, -0.05) is 275 Å². The molecule has 0 aromatic heterocycles. The first-order valence-electron chi connectivity index (χ1n) is 52.6. The van der Waals surface area contributed by atoms with Crippen LogP contribution in [0.3, 0.4) is 0 Å². The van der Waals surface area contributed by atoms with Crippen molar-refractivity contribution in [3.63, 3.8) is 0 Å². The summed E-state index contributed by atoms with van der Waals surface area (Å²) in [5, 5.41) is 0. The fourth-order valence-corrected chi connectivity index (χ4v) is 31.7. The summed E-state index contributed by atoms with van der Waals surface area (Å²) in [4.78, 5) is 0. The van der Waals surface area contributed by atoms with E-state index in [-0.39, 0.29) is 0 Å². The van der Waals surface area contributed by atoms with Crippen LogP contribution in [0.2, 0.25) is 0 Å². The predicted molar refractivity (Wildman–Crippen MR) is 491 cm³/mol. The highest BCUT2D eigenvalue weighted by Crippen LogP contribution is 2.61. The van der Waals surface area contributed by atoms with Crippen LogP contribution in [0.1, 0.15) is 494 Å². The Morgan fingerprint density at radius 3 is 0.874 bits per heavy atom. The Morgan fingerprint density at radius 2 is 0.622 bits per heavy atom. The molecule has 25 aliphatic carbocycles. The molecule has 0 saturated heterocycles. The van der Waals surface area contributed by atoms with Crippen LogP contribution in [0.4, 0.5) is 0 Å². The Balaban J connectivity index is 0.000000129. The van der Waals surface area contributed by atoms with Crippen molar-refractivity contribution in [3.05, 3.63) is 0 Å². The molecule has 0 heteroatoms. The van der Waals surface area contributed by atoms with Gasteiger partial charge in [-0.15, -0.1) is 0 Å². The molecule has 111 heavy (non-hydrogen) atoms. The molecular formula is C111H204. The van der Waals surface area contributed by atoms with Gasteiger partial charge in [0, 0.05) is 0 Å². The normalized spacial score (nSPS) is 46.0. The van der Waals surface area contributed by atoms with Crippen LogP contribution in [-0.4, -0.2) is 0 Å². The lowest BCUT2D eigenvalue weighted by molar-refractivity contribution is -0.0319. The van der Waals surface area contributed by atoms with Gasteiger partial charge in [0.25, 0.3) is 0 Å². The Kier molecular flexibility index (Phi) is 35.1. The second-order valence-corrected chi connectivity index (χ2v) is 50.2. The molecule has 21 atom stereocenters. The lowest BCUT2D eigenvalue weighted by atomic mass is 9.52. The van der Waals surface area contributed by atoms with Crippen LogP contribution >= 0.6 is 0 Å². The molecule has 25 rings (SSSR count). The Hall–Kier alpha value is 0. The number of rotatable bonds is 3. The van der Waals surface area contributed by atoms with E-state index in [9.17, 15) is 0 Å². The molecule has 25 aliphatic rings. The van der Waals surface area contributed by atoms with Crippen LogP contribution in [-0.2, 0) is 0 Å². The van der Waals surface area contributed by atoms with Gasteiger partial charge in [-0.3, -0.25) is 0 Å². The van der Waals surface area contributed by atoms with Crippen molar-refractivity contribution in [2.24, 2.45) is 210 Å². The highest BCUT2D eigenvalue weighted by molar-refractivity contribution is 5.02. The van der Waals surface area contributed by atoms with Crippen LogP contribution in [0.15, 0.2) is 0 Å². The van der Waals surface area contributed by atoms with Gasteiger partial charge >= 0.3 is 0 Å². The quantitative estimate of drug-likeness (QED) is 0.264. The zero-order valence-corrected chi connectivity index (χ0v) is 80.4. The third kappa shape index (κ3) is 24.3. The molecule has 0 nitrogen and oxygen atoms in total. The third-order valence-corrected chi connectivity index (χ3v) is 43.2. The van der Waals surface area contributed by atoms with E-state index >= 15 is 0 Å². The van der Waals surface area contributed by atoms with Crippen molar-refractivity contribution >= 4 is 0 Å². The van der Waals surface area contributed by atoms with E-state index in [2.05, 4.69) is 166 Å². The summed E-state index contributed by atoms with van der Waals surface area (Å²) in [5.41, 5.74) is 3.98. The van der Waals surface area contributed by atoms with Crippen molar-refractivity contribution in [3.8, 4) is 0 Å². The summed E-state index contributed by atoms with van der Waals surface area (Å²) < 4.78 is 0. The topological polar surface area (TPSA) is 0 Å². The summed E-state index contributed by atoms with van der Waals surface area (Å²) in [7, 11) is 0. The first-order valence-corrected chi connectivity index (χ1v) is 52.6. The van der Waals surface area contributed by atoms with Crippen LogP contribution in [0.5, 0.6) is 0 Å². The summed E-state index contributed by atoms with van der Waals surface area (Å²) in [5.74, 6) is 32.2. The van der Waals surface area contributed by atoms with E-state index in [1.807, 2.05) is 0 Å². The Morgan fingerprint density at radius 1 is 0.243 bits per heavy atom. The molecule has 0 N–H and O–H groups in total. The van der Waals surface area contributed by atoms with Gasteiger partial charge in [0.05, 0.1) is 0 Å². The Bertz CT molecular complexity index is 2510. The summed E-state index contributed by atoms with van der Waals surface area (Å²) in [6, 6.07) is 0. The fraction of sp³-hybridized carbons (Fsp3) is 1.00. The van der Waals surface area contributed by atoms with E-state index in [0.29, 0.717) is 21.7 Å². The van der Waals surface area contributed by atoms with Gasteiger partial charge in [0.15, 0.2) is 0 Å². The van der Waals surface area contributed by atoms with Crippen molar-refractivity contribution < 1.29 is 0 Å². The van der Waals surface area contributed by atoms with Gasteiger partial charge in [0.2, 0.25) is 0 Å². The van der Waals surface area contributed by atoms with Crippen LogP contribution in [0.25, 0.3) is 0 Å². The number of hydrogen-bond acceptors (Lipinski definition) is 0. The second kappa shape index (κ2) is 41.7. The van der Waals surface area contributed by atoms with E-state index in [1.165, 1.54) is 238 Å². The molecule has 0 heterocycles. The molecule has 0 spiro atoms. The smallest absolute Gasteiger partial charge is 0.0297 e. The summed E-state index contributed by atoms with van der Waals surface area (Å²) in [6.07, 6.45) is 77.4. The minimum atomic E-state index is 0.571. The zero-order valence-electron chi connectivity index (χ0n) is 80.4. The highest BCUT2D eigenvalue weighted by atomic mass is 14.6. The van der Waals surface area contributed by atoms with E-state index in [0.717, 1.165) is 188 Å². The van der Waals surface area contributed by atoms with Crippen molar-refractivity contribution in [2.75, 3.05) is 0 Å². The monoisotopic (exact) mass is 1540 g/mol. The summed E-state index contributed by atoms with van der Waals surface area (Å²) >= 11 is 0. The predicted octanol–water partition coefficient (Wildman–Crippen LogP) is 35.9. The lowest BCUT2D eigenvalue weighted by Gasteiger charge is -2.53. The minimum Gasteiger partial charge on any atom is -0.0651 e. The molecule has 18 bridgehead atoms. The maximum absolute atomic E-state index is 2.49. The largest absolute Gasteiger partial charge is 0.0651 e.